The summed E-state index contributed by atoms with van der Waals surface area (Å²) in [5.41, 5.74) is 2.00. The van der Waals surface area contributed by atoms with Crippen LogP contribution in [0, 0.1) is 28.4 Å². The average molecular weight is 400 g/mol. The van der Waals surface area contributed by atoms with Crippen LogP contribution in [-0.2, 0) is 6.54 Å². The lowest BCUT2D eigenvalue weighted by Crippen LogP contribution is -2.12. The van der Waals surface area contributed by atoms with Crippen LogP contribution in [0.5, 0.6) is 5.75 Å². The number of ether oxygens (including phenoxy) is 1. The number of aryl methyl sites for hydroxylation is 1. The summed E-state index contributed by atoms with van der Waals surface area (Å²) in [6.07, 6.45) is 1.36. The smallest absolute Gasteiger partial charge is 0.408 e. The molecule has 1 N–H and O–H groups in total. The molecule has 0 saturated heterocycles. The van der Waals surface area contributed by atoms with Crippen molar-refractivity contribution >= 4 is 17.4 Å². The summed E-state index contributed by atoms with van der Waals surface area (Å²) in [5.74, 6) is 0.0588. The van der Waals surface area contributed by atoms with E-state index in [-0.39, 0.29) is 17.1 Å². The van der Waals surface area contributed by atoms with Gasteiger partial charge in [0.25, 0.3) is 5.56 Å². The lowest BCUT2D eigenvalue weighted by atomic mass is 9.99. The molecule has 3 aromatic rings. The Balaban J connectivity index is 2.03. The molecule has 0 aliphatic rings. The SMILES string of the molecule is COc1cc(-c2cc(C)[nH]c(=O)c2C#N)ccc1Cn1cc(Cl)c([N+](=O)[O-])n1. The highest BCUT2D eigenvalue weighted by Crippen LogP contribution is 2.30. The molecule has 0 bridgehead atoms. The van der Waals surface area contributed by atoms with Gasteiger partial charge in [0.1, 0.15) is 17.4 Å². The van der Waals surface area contributed by atoms with E-state index in [1.54, 1.807) is 31.2 Å². The van der Waals surface area contributed by atoms with Gasteiger partial charge in [-0.05, 0) is 29.5 Å². The summed E-state index contributed by atoms with van der Waals surface area (Å²) in [4.78, 5) is 24.9. The summed E-state index contributed by atoms with van der Waals surface area (Å²) >= 11 is 5.83. The van der Waals surface area contributed by atoms with Crippen LogP contribution in [0.2, 0.25) is 5.02 Å². The Morgan fingerprint density at radius 2 is 2.18 bits per heavy atom. The first-order valence-corrected chi connectivity index (χ1v) is 8.40. The fraction of sp³-hybridized carbons (Fsp3) is 0.167. The second kappa shape index (κ2) is 7.54. The van der Waals surface area contributed by atoms with Crippen molar-refractivity contribution in [3.05, 3.63) is 72.8 Å². The molecule has 0 amide bonds. The fourth-order valence-corrected chi connectivity index (χ4v) is 3.06. The number of pyridine rings is 1. The number of halogens is 1. The monoisotopic (exact) mass is 399 g/mol. The molecule has 2 aromatic heterocycles. The van der Waals surface area contributed by atoms with E-state index in [0.29, 0.717) is 28.1 Å². The van der Waals surface area contributed by atoms with Gasteiger partial charge in [0.05, 0.1) is 25.0 Å². The van der Waals surface area contributed by atoms with E-state index < -0.39 is 16.3 Å². The molecule has 0 atom stereocenters. The van der Waals surface area contributed by atoms with Gasteiger partial charge in [-0.2, -0.15) is 9.94 Å². The Bertz CT molecular complexity index is 1180. The number of benzene rings is 1. The molecule has 28 heavy (non-hydrogen) atoms. The van der Waals surface area contributed by atoms with Crippen molar-refractivity contribution < 1.29 is 9.66 Å². The van der Waals surface area contributed by atoms with Gasteiger partial charge in [-0.15, -0.1) is 0 Å². The average Bonchev–Trinajstić information content (AvgIpc) is 3.02. The molecule has 0 saturated carbocycles. The fourth-order valence-electron chi connectivity index (χ4n) is 2.84. The van der Waals surface area contributed by atoms with Crippen molar-refractivity contribution in [1.29, 1.82) is 5.26 Å². The zero-order chi connectivity index (χ0) is 20.4. The highest BCUT2D eigenvalue weighted by atomic mass is 35.5. The maximum absolute atomic E-state index is 12.0. The Hall–Kier alpha value is -3.64. The third kappa shape index (κ3) is 3.58. The van der Waals surface area contributed by atoms with E-state index in [0.717, 1.165) is 0 Å². The van der Waals surface area contributed by atoms with Crippen LogP contribution >= 0.6 is 11.6 Å². The van der Waals surface area contributed by atoms with E-state index >= 15 is 0 Å². The molecule has 2 heterocycles. The number of aromatic nitrogens is 3. The second-order valence-electron chi connectivity index (χ2n) is 5.96. The molecule has 142 valence electrons. The van der Waals surface area contributed by atoms with E-state index in [1.807, 2.05) is 6.07 Å². The van der Waals surface area contributed by atoms with Crippen molar-refractivity contribution in [1.82, 2.24) is 14.8 Å². The maximum atomic E-state index is 12.0. The van der Waals surface area contributed by atoms with Gasteiger partial charge in [-0.3, -0.25) is 4.79 Å². The number of hydrogen-bond acceptors (Lipinski definition) is 6. The first-order valence-electron chi connectivity index (χ1n) is 8.02. The van der Waals surface area contributed by atoms with Crippen LogP contribution < -0.4 is 10.3 Å². The molecular weight excluding hydrogens is 386 g/mol. The largest absolute Gasteiger partial charge is 0.496 e. The van der Waals surface area contributed by atoms with Crippen molar-refractivity contribution in [3.8, 4) is 22.9 Å². The zero-order valence-electron chi connectivity index (χ0n) is 14.9. The number of aromatic amines is 1. The predicted molar refractivity (Wildman–Crippen MR) is 101 cm³/mol. The molecule has 0 radical (unpaired) electrons. The Labute approximate surface area is 163 Å². The molecule has 3 rings (SSSR count). The van der Waals surface area contributed by atoms with E-state index in [1.165, 1.54) is 18.0 Å². The van der Waals surface area contributed by atoms with Gasteiger partial charge in [-0.25, -0.2) is 0 Å². The van der Waals surface area contributed by atoms with Gasteiger partial charge >= 0.3 is 5.82 Å². The van der Waals surface area contributed by atoms with E-state index in [2.05, 4.69) is 10.1 Å². The number of methoxy groups -OCH3 is 1. The zero-order valence-corrected chi connectivity index (χ0v) is 15.6. The first kappa shape index (κ1) is 19.1. The summed E-state index contributed by atoms with van der Waals surface area (Å²) in [6.45, 7) is 1.92. The number of nitro groups is 1. The molecule has 10 heteroatoms. The van der Waals surface area contributed by atoms with Crippen LogP contribution in [0.1, 0.15) is 16.8 Å². The molecule has 0 spiro atoms. The standard InChI is InChI=1S/C18H14ClN5O4/c1-10-5-13(14(7-20)18(25)21-10)11-3-4-12(16(6-11)28-2)8-23-9-15(19)17(22-23)24(26)27/h3-6,9H,8H2,1-2H3,(H,21,25). The number of rotatable bonds is 5. The minimum absolute atomic E-state index is 0.00915. The first-order chi connectivity index (χ1) is 13.3. The number of nitrogens with one attached hydrogen (secondary N) is 1. The van der Waals surface area contributed by atoms with Crippen LogP contribution in [0.25, 0.3) is 11.1 Å². The number of H-pyrrole nitrogens is 1. The summed E-state index contributed by atoms with van der Waals surface area (Å²) < 4.78 is 6.76. The van der Waals surface area contributed by atoms with Gasteiger partial charge in [0.15, 0.2) is 5.02 Å². The number of nitriles is 1. The third-order valence-electron chi connectivity index (χ3n) is 4.08. The van der Waals surface area contributed by atoms with Crippen molar-refractivity contribution in [3.63, 3.8) is 0 Å². The Morgan fingerprint density at radius 3 is 2.79 bits per heavy atom. The highest BCUT2D eigenvalue weighted by molar-refractivity contribution is 6.32. The van der Waals surface area contributed by atoms with Gasteiger partial charge in [-0.1, -0.05) is 23.7 Å². The molecule has 0 unspecified atom stereocenters. The highest BCUT2D eigenvalue weighted by Gasteiger charge is 2.20. The van der Waals surface area contributed by atoms with Crippen LogP contribution in [0.3, 0.4) is 0 Å². The van der Waals surface area contributed by atoms with Crippen molar-refractivity contribution in [2.45, 2.75) is 13.5 Å². The molecule has 0 fully saturated rings. The molecule has 0 aliphatic carbocycles. The predicted octanol–water partition coefficient (Wildman–Crippen LogP) is 3.04. The van der Waals surface area contributed by atoms with Crippen LogP contribution in [0.4, 0.5) is 5.82 Å². The molecule has 1 aromatic carbocycles. The Kier molecular flexibility index (Phi) is 5.15. The molecular formula is C18H14ClN5O4. The second-order valence-corrected chi connectivity index (χ2v) is 6.37. The molecule has 0 aliphatic heterocycles. The lowest BCUT2D eigenvalue weighted by Gasteiger charge is -2.11. The normalized spacial score (nSPS) is 10.5. The topological polar surface area (TPSA) is 127 Å². The van der Waals surface area contributed by atoms with Crippen molar-refractivity contribution in [2.75, 3.05) is 7.11 Å². The molecule has 9 nitrogen and oxygen atoms in total. The minimum Gasteiger partial charge on any atom is -0.496 e. The minimum atomic E-state index is -0.655. The number of hydrogen-bond donors (Lipinski definition) is 1. The number of nitrogens with zero attached hydrogens (tertiary/aromatic N) is 4. The Morgan fingerprint density at radius 1 is 1.43 bits per heavy atom. The summed E-state index contributed by atoms with van der Waals surface area (Å²) in [6, 6.07) is 8.82. The van der Waals surface area contributed by atoms with Crippen LogP contribution in [0.15, 0.2) is 35.3 Å². The van der Waals surface area contributed by atoms with Gasteiger partial charge in [0, 0.05) is 16.8 Å². The van der Waals surface area contributed by atoms with Gasteiger partial charge < -0.3 is 19.8 Å². The van der Waals surface area contributed by atoms with Crippen molar-refractivity contribution in [2.24, 2.45) is 0 Å². The van der Waals surface area contributed by atoms with Crippen LogP contribution in [-0.4, -0.2) is 26.8 Å². The maximum Gasteiger partial charge on any atom is 0.408 e. The van der Waals surface area contributed by atoms with E-state index in [9.17, 15) is 20.2 Å². The summed E-state index contributed by atoms with van der Waals surface area (Å²) in [5, 5.41) is 24.0. The quantitative estimate of drug-likeness (QED) is 0.519. The lowest BCUT2D eigenvalue weighted by molar-refractivity contribution is -0.389. The van der Waals surface area contributed by atoms with Gasteiger partial charge in [0.2, 0.25) is 0 Å². The van der Waals surface area contributed by atoms with E-state index in [4.69, 9.17) is 16.3 Å². The third-order valence-corrected chi connectivity index (χ3v) is 4.35. The summed E-state index contributed by atoms with van der Waals surface area (Å²) in [7, 11) is 1.48.